The van der Waals surface area contributed by atoms with Gasteiger partial charge in [0.15, 0.2) is 10.8 Å². The maximum atomic E-state index is 12.7. The number of anilines is 1. The summed E-state index contributed by atoms with van der Waals surface area (Å²) in [4.78, 5) is 57.4. The molecule has 2 atom stereocenters. The van der Waals surface area contributed by atoms with Gasteiger partial charge in [0.05, 0.1) is 11.7 Å². The molecule has 0 spiro atoms. The smallest absolute Gasteiger partial charge is 0.543 e. The van der Waals surface area contributed by atoms with Gasteiger partial charge in [-0.05, 0) is 11.6 Å². The van der Waals surface area contributed by atoms with Gasteiger partial charge in [0.1, 0.15) is 30.8 Å². The van der Waals surface area contributed by atoms with E-state index >= 15 is 0 Å². The van der Waals surface area contributed by atoms with E-state index in [0.717, 1.165) is 16.2 Å². The molecule has 0 aliphatic carbocycles. The Morgan fingerprint density at radius 2 is 2.18 bits per heavy atom. The fourth-order valence-electron chi connectivity index (χ4n) is 2.98. The fourth-order valence-corrected chi connectivity index (χ4v) is 4.85. The van der Waals surface area contributed by atoms with Crippen LogP contribution in [0.2, 0.25) is 0 Å². The van der Waals surface area contributed by atoms with Crippen molar-refractivity contribution in [2.75, 3.05) is 25.2 Å². The number of nitrogens with one attached hydrogen (secondary N) is 1. The second kappa shape index (κ2) is 11.5. The number of amides is 3. The molecule has 3 amide bonds. The second-order valence-corrected chi connectivity index (χ2v) is 8.24. The van der Waals surface area contributed by atoms with E-state index in [9.17, 15) is 24.3 Å². The largest absolute Gasteiger partial charge is 1.00 e. The normalized spacial score (nSPS) is 20.0. The molecular formula is C17H17N6NaO7S2. The number of allylic oxidation sites excluding steroid dienone is 1. The van der Waals surface area contributed by atoms with Gasteiger partial charge in [-0.3, -0.25) is 14.5 Å². The predicted octanol–water partition coefficient (Wildman–Crippen LogP) is -4.86. The molecule has 5 N–H and O–H groups in total. The zero-order chi connectivity index (χ0) is 23.4. The van der Waals surface area contributed by atoms with Crippen molar-refractivity contribution >= 4 is 57.8 Å². The molecule has 0 bridgehead atoms. The first kappa shape index (κ1) is 26.7. The molecule has 1 saturated heterocycles. The van der Waals surface area contributed by atoms with Gasteiger partial charge < -0.3 is 36.3 Å². The number of rotatable bonds is 8. The molecule has 1 aromatic heterocycles. The number of aliphatic carboxylic acids is 1. The molecule has 0 saturated carbocycles. The van der Waals surface area contributed by atoms with Crippen molar-refractivity contribution in [1.82, 2.24) is 15.2 Å². The van der Waals surface area contributed by atoms with Gasteiger partial charge in [-0.1, -0.05) is 11.2 Å². The third kappa shape index (κ3) is 5.86. The average molecular weight is 504 g/mol. The minimum absolute atomic E-state index is 0. The third-order valence-corrected chi connectivity index (χ3v) is 6.26. The van der Waals surface area contributed by atoms with E-state index < -0.39 is 35.3 Å². The molecule has 170 valence electrons. The zero-order valence-electron chi connectivity index (χ0n) is 17.5. The van der Waals surface area contributed by atoms with Crippen LogP contribution >= 0.6 is 23.1 Å². The molecule has 2 unspecified atom stereocenters. The number of hydrogen-bond acceptors (Lipinski definition) is 12. The Balaban J connectivity index is 0.00000385. The molecule has 1 aromatic rings. The number of nitrogens with zero attached hydrogens (tertiary/aromatic N) is 3. The van der Waals surface area contributed by atoms with Crippen LogP contribution in [0.5, 0.6) is 0 Å². The number of hydrogen-bond donors (Lipinski definition) is 3. The van der Waals surface area contributed by atoms with Crippen molar-refractivity contribution in [2.24, 2.45) is 10.9 Å². The number of thioether (sulfide) groups is 1. The summed E-state index contributed by atoms with van der Waals surface area (Å²) in [5, 5.41) is 18.9. The van der Waals surface area contributed by atoms with Crippen LogP contribution in [0.4, 0.5) is 9.93 Å². The van der Waals surface area contributed by atoms with Crippen molar-refractivity contribution in [1.29, 1.82) is 0 Å². The molecule has 16 heteroatoms. The van der Waals surface area contributed by atoms with Gasteiger partial charge in [0, 0.05) is 11.1 Å². The minimum atomic E-state index is -1.55. The molecule has 33 heavy (non-hydrogen) atoms. The molecule has 2 aliphatic rings. The molecule has 3 heterocycles. The first-order valence-corrected chi connectivity index (χ1v) is 10.8. The van der Waals surface area contributed by atoms with Crippen LogP contribution in [-0.4, -0.2) is 70.4 Å². The third-order valence-electron chi connectivity index (χ3n) is 4.28. The van der Waals surface area contributed by atoms with Crippen molar-refractivity contribution in [3.8, 4) is 0 Å². The van der Waals surface area contributed by atoms with E-state index in [1.54, 1.807) is 0 Å². The van der Waals surface area contributed by atoms with Crippen LogP contribution in [0.25, 0.3) is 0 Å². The zero-order valence-corrected chi connectivity index (χ0v) is 21.1. The maximum Gasteiger partial charge on any atom is 1.00 e. The van der Waals surface area contributed by atoms with Crippen LogP contribution in [0.15, 0.2) is 34.0 Å². The van der Waals surface area contributed by atoms with Gasteiger partial charge in [0.2, 0.25) is 0 Å². The van der Waals surface area contributed by atoms with Crippen molar-refractivity contribution in [2.45, 2.75) is 11.4 Å². The summed E-state index contributed by atoms with van der Waals surface area (Å²) < 4.78 is 4.55. The summed E-state index contributed by atoms with van der Waals surface area (Å²) in [7, 11) is 1.25. The number of primary amides is 1. The summed E-state index contributed by atoms with van der Waals surface area (Å²) >= 11 is 2.34. The van der Waals surface area contributed by atoms with Gasteiger partial charge >= 0.3 is 35.7 Å². The number of fused-ring (bicyclic) bond motifs is 1. The number of ether oxygens (including phenoxy) is 1. The Labute approximate surface area is 217 Å². The Kier molecular flexibility index (Phi) is 9.30. The number of aromatic nitrogens is 1. The number of carboxylic acid groups (broad SMARTS) is 1. The molecule has 3 rings (SSSR count). The quantitative estimate of drug-likeness (QED) is 0.133. The number of oxime groups is 1. The number of carboxylic acids is 1. The molecule has 0 radical (unpaired) electrons. The number of carbonyl (C=O) groups is 4. The van der Waals surface area contributed by atoms with Crippen LogP contribution in [0.3, 0.4) is 0 Å². The molecule has 13 nitrogen and oxygen atoms in total. The number of carbonyl (C=O) groups excluding carboxylic acids is 4. The summed E-state index contributed by atoms with van der Waals surface area (Å²) in [5.74, 6) is -2.71. The number of thiazole rings is 1. The molecule has 0 aromatic carbocycles. The van der Waals surface area contributed by atoms with E-state index in [0.29, 0.717) is 0 Å². The SMILES string of the molecule is CO/N=C(/C(=O)NC1C(=O)N2C(C(=O)[O-])=C(/C=C/COC(N)=O)CSC12)c1csc(N)n1.[Na+]. The van der Waals surface area contributed by atoms with Crippen LogP contribution in [-0.2, 0) is 24.0 Å². The molecular weight excluding hydrogens is 487 g/mol. The van der Waals surface area contributed by atoms with Crippen molar-refractivity contribution in [3.63, 3.8) is 0 Å². The minimum Gasteiger partial charge on any atom is -0.543 e. The summed E-state index contributed by atoms with van der Waals surface area (Å²) in [5.41, 5.74) is 10.4. The van der Waals surface area contributed by atoms with Crippen LogP contribution < -0.4 is 51.4 Å². The Morgan fingerprint density at radius 3 is 2.76 bits per heavy atom. The first-order chi connectivity index (χ1) is 15.2. The Morgan fingerprint density at radius 1 is 1.45 bits per heavy atom. The van der Waals surface area contributed by atoms with Crippen molar-refractivity contribution in [3.05, 3.63) is 34.5 Å². The summed E-state index contributed by atoms with van der Waals surface area (Å²) in [6, 6.07) is -0.997. The molecule has 2 aliphatic heterocycles. The molecule has 1 fully saturated rings. The van der Waals surface area contributed by atoms with E-state index in [2.05, 4.69) is 25.0 Å². The number of β-lactam (4-membered cyclic amide) rings is 1. The van der Waals surface area contributed by atoms with Crippen LogP contribution in [0, 0.1) is 0 Å². The first-order valence-electron chi connectivity index (χ1n) is 8.86. The Hall–Kier alpha value is -2.59. The van der Waals surface area contributed by atoms with Gasteiger partial charge in [-0.2, -0.15) is 0 Å². The topological polar surface area (TPSA) is 202 Å². The number of nitrogen functional groups attached to an aromatic ring is 1. The van der Waals surface area contributed by atoms with Gasteiger partial charge in [0.25, 0.3) is 11.8 Å². The maximum absolute atomic E-state index is 12.7. The summed E-state index contributed by atoms with van der Waals surface area (Å²) in [6.45, 7) is -0.164. The second-order valence-electron chi connectivity index (χ2n) is 6.25. The van der Waals surface area contributed by atoms with E-state index in [1.807, 2.05) is 0 Å². The fraction of sp³-hybridized carbons (Fsp3) is 0.294. The Bertz CT molecular complexity index is 1060. The van der Waals surface area contributed by atoms with Crippen LogP contribution in [0.1, 0.15) is 5.69 Å². The van der Waals surface area contributed by atoms with Gasteiger partial charge in [-0.15, -0.1) is 23.1 Å². The standard InChI is InChI=1S/C17H18N6O7S2.Na/c1-29-22-9(8-6-32-16(18)20-8)12(24)21-10-13(25)23-11(15(26)27)7(5-31-14(10)23)3-2-4-30-17(19)28;/h2-3,6,10,14H,4-5H2,1H3,(H2,18,20)(H2,19,28)(H,21,24)(H,26,27);/q;+1/p-1/b3-2+,22-9+;. The van der Waals surface area contributed by atoms with E-state index in [4.69, 9.17) is 11.5 Å². The van der Waals surface area contributed by atoms with Gasteiger partial charge in [-0.25, -0.2) is 9.78 Å². The predicted molar refractivity (Wildman–Crippen MR) is 112 cm³/mol. The average Bonchev–Trinajstić information content (AvgIpc) is 3.17. The summed E-state index contributed by atoms with van der Waals surface area (Å²) in [6.07, 6.45) is 1.82. The van der Waals surface area contributed by atoms with Crippen molar-refractivity contribution < 1.29 is 63.4 Å². The number of nitrogens with two attached hydrogens (primary N) is 2. The van der Waals surface area contributed by atoms with E-state index in [1.165, 1.54) is 36.4 Å². The monoisotopic (exact) mass is 504 g/mol. The van der Waals surface area contributed by atoms with E-state index in [-0.39, 0.29) is 69.7 Å².